The maximum absolute atomic E-state index is 12.9. The molecule has 8 heteroatoms. The number of anilines is 1. The van der Waals surface area contributed by atoms with E-state index >= 15 is 0 Å². The number of hydrogen-bond donors (Lipinski definition) is 2. The second kappa shape index (κ2) is 7.66. The number of halogens is 1. The Labute approximate surface area is 165 Å². The molecule has 7 nitrogen and oxygen atoms in total. The minimum absolute atomic E-state index is 0.266. The minimum atomic E-state index is -0.683. The highest BCUT2D eigenvalue weighted by Crippen LogP contribution is 2.31. The molecule has 28 heavy (non-hydrogen) atoms. The summed E-state index contributed by atoms with van der Waals surface area (Å²) in [6.45, 7) is -0.266. The molecule has 4 rings (SSSR count). The molecule has 142 valence electrons. The van der Waals surface area contributed by atoms with Crippen LogP contribution in [-0.2, 0) is 4.79 Å². The largest absolute Gasteiger partial charge is 0.484 e. The highest BCUT2D eigenvalue weighted by molar-refractivity contribution is 6.30. The van der Waals surface area contributed by atoms with Gasteiger partial charge in [0.15, 0.2) is 12.8 Å². The maximum Gasteiger partial charge on any atom is 0.276 e. The summed E-state index contributed by atoms with van der Waals surface area (Å²) in [6.07, 6.45) is 0.822. The lowest BCUT2D eigenvalue weighted by atomic mass is 10.1. The molecule has 0 spiro atoms. The Balaban J connectivity index is 1.51. The van der Waals surface area contributed by atoms with E-state index in [2.05, 4.69) is 10.7 Å². The lowest BCUT2D eigenvalue weighted by Crippen LogP contribution is -2.53. The van der Waals surface area contributed by atoms with Crippen molar-refractivity contribution < 1.29 is 18.7 Å². The molecular weight excluding hydrogens is 382 g/mol. The quantitative estimate of drug-likeness (QED) is 0.687. The van der Waals surface area contributed by atoms with Crippen molar-refractivity contribution in [2.45, 2.75) is 6.17 Å². The molecule has 2 heterocycles. The summed E-state index contributed by atoms with van der Waals surface area (Å²) >= 11 is 5.83. The normalized spacial score (nSPS) is 15.5. The lowest BCUT2D eigenvalue weighted by Gasteiger charge is -2.36. The summed E-state index contributed by atoms with van der Waals surface area (Å²) in [4.78, 5) is 25.4. The monoisotopic (exact) mass is 397 g/mol. The van der Waals surface area contributed by atoms with E-state index in [9.17, 15) is 9.59 Å². The van der Waals surface area contributed by atoms with Crippen molar-refractivity contribution in [1.82, 2.24) is 10.4 Å². The molecule has 2 aromatic carbocycles. The number of furan rings is 1. The van der Waals surface area contributed by atoms with Crippen LogP contribution in [0.15, 0.2) is 71.3 Å². The number of hydrazine groups is 1. The Kier molecular flexibility index (Phi) is 4.90. The topological polar surface area (TPSA) is 83.8 Å². The van der Waals surface area contributed by atoms with Gasteiger partial charge in [0.1, 0.15) is 11.5 Å². The van der Waals surface area contributed by atoms with Gasteiger partial charge in [-0.1, -0.05) is 23.7 Å². The predicted octanol–water partition coefficient (Wildman–Crippen LogP) is 3.61. The Morgan fingerprint density at radius 2 is 1.93 bits per heavy atom. The average molecular weight is 398 g/mol. The van der Waals surface area contributed by atoms with E-state index in [0.29, 0.717) is 27.8 Å². The number of ether oxygens (including phenoxy) is 1. The highest BCUT2D eigenvalue weighted by atomic mass is 35.5. The molecule has 2 N–H and O–H groups in total. The number of nitrogens with zero attached hydrogens (tertiary/aromatic N) is 1. The predicted molar refractivity (Wildman–Crippen MR) is 103 cm³/mol. The molecule has 0 aliphatic carbocycles. The number of amides is 2. The van der Waals surface area contributed by atoms with Crippen LogP contribution in [0.1, 0.15) is 22.3 Å². The molecule has 0 radical (unpaired) electrons. The molecule has 1 aromatic heterocycles. The molecule has 0 fully saturated rings. The van der Waals surface area contributed by atoms with Crippen molar-refractivity contribution in [1.29, 1.82) is 0 Å². The highest BCUT2D eigenvalue weighted by Gasteiger charge is 2.35. The van der Waals surface area contributed by atoms with Crippen LogP contribution in [0.5, 0.6) is 5.75 Å². The third-order valence-corrected chi connectivity index (χ3v) is 4.42. The molecule has 1 unspecified atom stereocenters. The van der Waals surface area contributed by atoms with Gasteiger partial charge in [0.2, 0.25) is 0 Å². The van der Waals surface area contributed by atoms with Gasteiger partial charge in [0.05, 0.1) is 11.8 Å². The number of para-hydroxylation sites is 1. The molecule has 1 atom stereocenters. The fourth-order valence-corrected chi connectivity index (χ4v) is 2.99. The summed E-state index contributed by atoms with van der Waals surface area (Å²) in [7, 11) is 0. The number of carbonyl (C=O) groups excluding carboxylic acids is 2. The zero-order valence-electron chi connectivity index (χ0n) is 14.6. The Bertz CT molecular complexity index is 989. The number of benzene rings is 2. The van der Waals surface area contributed by atoms with Crippen LogP contribution in [-0.4, -0.2) is 23.4 Å². The van der Waals surface area contributed by atoms with E-state index in [1.807, 2.05) is 6.07 Å². The van der Waals surface area contributed by atoms with Crippen LogP contribution in [0.4, 0.5) is 5.69 Å². The smallest absolute Gasteiger partial charge is 0.276 e. The van der Waals surface area contributed by atoms with E-state index in [1.165, 1.54) is 11.3 Å². The van der Waals surface area contributed by atoms with E-state index in [1.54, 1.807) is 54.6 Å². The Morgan fingerprint density at radius 3 is 2.68 bits per heavy atom. The van der Waals surface area contributed by atoms with Gasteiger partial charge in [0, 0.05) is 10.7 Å². The second-order valence-corrected chi connectivity index (χ2v) is 6.50. The molecule has 0 saturated carbocycles. The van der Waals surface area contributed by atoms with Crippen LogP contribution < -0.4 is 15.5 Å². The second-order valence-electron chi connectivity index (χ2n) is 6.06. The van der Waals surface area contributed by atoms with Gasteiger partial charge in [-0.3, -0.25) is 15.0 Å². The number of nitrogens with one attached hydrogen (secondary N) is 2. The van der Waals surface area contributed by atoms with Gasteiger partial charge >= 0.3 is 0 Å². The summed E-state index contributed by atoms with van der Waals surface area (Å²) in [5, 5.41) is 4.98. The van der Waals surface area contributed by atoms with Crippen LogP contribution in [0, 0.1) is 0 Å². The van der Waals surface area contributed by atoms with Crippen LogP contribution >= 0.6 is 11.6 Å². The maximum atomic E-state index is 12.9. The third kappa shape index (κ3) is 3.65. The molecular formula is C20H16ClN3O4. The van der Waals surface area contributed by atoms with E-state index in [0.717, 1.165) is 0 Å². The fraction of sp³-hybridized carbons (Fsp3) is 0.100. The van der Waals surface area contributed by atoms with Crippen LogP contribution in [0.25, 0.3) is 0 Å². The van der Waals surface area contributed by atoms with Crippen molar-refractivity contribution in [2.75, 3.05) is 11.9 Å². The average Bonchev–Trinajstić information content (AvgIpc) is 3.24. The van der Waals surface area contributed by atoms with Crippen molar-refractivity contribution in [3.8, 4) is 5.75 Å². The first-order chi connectivity index (χ1) is 13.6. The third-order valence-electron chi connectivity index (χ3n) is 4.17. The van der Waals surface area contributed by atoms with Gasteiger partial charge < -0.3 is 14.5 Å². The first-order valence-electron chi connectivity index (χ1n) is 8.52. The van der Waals surface area contributed by atoms with Crippen LogP contribution in [0.3, 0.4) is 0 Å². The Hall–Kier alpha value is -3.45. The van der Waals surface area contributed by atoms with Crippen LogP contribution in [0.2, 0.25) is 5.02 Å². The van der Waals surface area contributed by atoms with E-state index in [-0.39, 0.29) is 12.5 Å². The molecule has 1 aliphatic heterocycles. The molecule has 0 saturated heterocycles. The standard InChI is InChI=1S/C20H16ClN3O4/c21-13-7-9-14(10-8-13)28-12-18(25)23-24-19(17-6-3-11-27-17)22-16-5-2-1-4-15(16)20(24)26/h1-11,19,22H,12H2,(H,23,25). The van der Waals surface area contributed by atoms with Crippen molar-refractivity contribution >= 4 is 29.1 Å². The number of fused-ring (bicyclic) bond motifs is 1. The molecule has 0 bridgehead atoms. The zero-order valence-corrected chi connectivity index (χ0v) is 15.3. The van der Waals surface area contributed by atoms with Gasteiger partial charge in [-0.2, -0.15) is 0 Å². The first kappa shape index (κ1) is 17.9. The summed E-state index contributed by atoms with van der Waals surface area (Å²) < 4.78 is 10.9. The number of carbonyl (C=O) groups is 2. The first-order valence-corrected chi connectivity index (χ1v) is 8.90. The lowest BCUT2D eigenvalue weighted by molar-refractivity contribution is -0.127. The van der Waals surface area contributed by atoms with Crippen molar-refractivity contribution in [2.24, 2.45) is 0 Å². The van der Waals surface area contributed by atoms with Crippen molar-refractivity contribution in [3.63, 3.8) is 0 Å². The Morgan fingerprint density at radius 1 is 1.14 bits per heavy atom. The summed E-state index contributed by atoms with van der Waals surface area (Å²) in [5.74, 6) is 0.147. The van der Waals surface area contributed by atoms with Gasteiger partial charge in [-0.15, -0.1) is 0 Å². The van der Waals surface area contributed by atoms with E-state index < -0.39 is 12.1 Å². The van der Waals surface area contributed by atoms with Gasteiger partial charge in [-0.25, -0.2) is 5.01 Å². The zero-order chi connectivity index (χ0) is 19.5. The number of hydrogen-bond acceptors (Lipinski definition) is 5. The fourth-order valence-electron chi connectivity index (χ4n) is 2.86. The van der Waals surface area contributed by atoms with Crippen molar-refractivity contribution in [3.05, 3.63) is 83.3 Å². The molecule has 3 aromatic rings. The SMILES string of the molecule is O=C(COc1ccc(Cl)cc1)NN1C(=O)c2ccccc2NC1c1ccco1. The number of rotatable bonds is 5. The van der Waals surface area contributed by atoms with Gasteiger partial charge in [-0.05, 0) is 48.5 Å². The molecule has 1 aliphatic rings. The molecule has 2 amide bonds. The summed E-state index contributed by atoms with van der Waals surface area (Å²) in [5.41, 5.74) is 3.71. The van der Waals surface area contributed by atoms with Gasteiger partial charge in [0.25, 0.3) is 11.8 Å². The minimum Gasteiger partial charge on any atom is -0.484 e. The summed E-state index contributed by atoms with van der Waals surface area (Å²) in [6, 6.07) is 17.2. The van der Waals surface area contributed by atoms with E-state index in [4.69, 9.17) is 20.8 Å².